The number of carbonyl (C=O) groups excluding carboxylic acids is 1. The van der Waals surface area contributed by atoms with Crippen molar-refractivity contribution in [3.8, 4) is 0 Å². The predicted molar refractivity (Wildman–Crippen MR) is 247 cm³/mol. The quantitative estimate of drug-likeness (QED) is 0.182. The monoisotopic (exact) mass is 952 g/mol. The van der Waals surface area contributed by atoms with Crippen LogP contribution in [0.4, 0.5) is 4.39 Å². The van der Waals surface area contributed by atoms with Gasteiger partial charge in [0.05, 0.1) is 47.2 Å². The number of nitrogens with zero attached hydrogens (tertiary/aromatic N) is 5. The molecule has 0 saturated carbocycles. The number of methoxy groups -OCH3 is 1. The van der Waals surface area contributed by atoms with Crippen molar-refractivity contribution in [2.45, 2.75) is 205 Å². The van der Waals surface area contributed by atoms with Gasteiger partial charge >= 0.3 is 5.97 Å². The number of hydrogen-bond donors (Lipinski definition) is 5. The maximum Gasteiger partial charge on any atom is 0.311 e. The van der Waals surface area contributed by atoms with Crippen LogP contribution in [0.1, 0.15) is 106 Å². The first kappa shape index (κ1) is 55.2. The lowest BCUT2D eigenvalue weighted by molar-refractivity contribution is -0.318. The lowest BCUT2D eigenvalue weighted by Crippen LogP contribution is -2.61. The lowest BCUT2D eigenvalue weighted by atomic mass is 9.77. The summed E-state index contributed by atoms with van der Waals surface area (Å²) in [6, 6.07) is 5.41. The van der Waals surface area contributed by atoms with Gasteiger partial charge in [-0.15, -0.1) is 5.10 Å². The summed E-state index contributed by atoms with van der Waals surface area (Å²) < 4.78 is 53.3. The van der Waals surface area contributed by atoms with E-state index in [0.717, 1.165) is 11.3 Å². The largest absolute Gasteiger partial charge is 0.459 e. The number of aliphatic hydroxyl groups excluding tert-OH is 3. The van der Waals surface area contributed by atoms with E-state index in [9.17, 15) is 34.7 Å². The van der Waals surface area contributed by atoms with Crippen LogP contribution in [0.2, 0.25) is 0 Å². The van der Waals surface area contributed by atoms with Gasteiger partial charge in [0.2, 0.25) is 0 Å². The highest BCUT2D eigenvalue weighted by Crippen LogP contribution is 2.40. The van der Waals surface area contributed by atoms with Crippen molar-refractivity contribution < 1.29 is 63.1 Å². The molecule has 0 aliphatic carbocycles. The minimum absolute atomic E-state index is 0.101. The number of halogens is 1. The van der Waals surface area contributed by atoms with Crippen molar-refractivity contribution in [2.75, 3.05) is 34.3 Å². The second-order valence-electron chi connectivity index (χ2n) is 20.8. The fourth-order valence-corrected chi connectivity index (χ4v) is 10.6. The normalized spacial score (nSPS) is 41.1. The van der Waals surface area contributed by atoms with E-state index in [1.54, 1.807) is 58.4 Å². The third-order valence-corrected chi connectivity index (χ3v) is 15.0. The van der Waals surface area contributed by atoms with Gasteiger partial charge in [-0.2, -0.15) is 0 Å². The molecule has 0 spiro atoms. The van der Waals surface area contributed by atoms with Gasteiger partial charge in [-0.05, 0) is 112 Å². The van der Waals surface area contributed by atoms with Crippen LogP contribution in [0.3, 0.4) is 0 Å². The van der Waals surface area contributed by atoms with Crippen molar-refractivity contribution in [3.05, 3.63) is 47.5 Å². The van der Waals surface area contributed by atoms with Crippen molar-refractivity contribution in [2.24, 2.45) is 17.8 Å². The van der Waals surface area contributed by atoms with Crippen LogP contribution >= 0.6 is 0 Å². The van der Waals surface area contributed by atoms with E-state index in [-0.39, 0.29) is 37.1 Å². The van der Waals surface area contributed by atoms with Crippen LogP contribution in [-0.4, -0.2) is 181 Å². The van der Waals surface area contributed by atoms with Gasteiger partial charge in [-0.25, -0.2) is 4.39 Å². The molecule has 18 heteroatoms. The summed E-state index contributed by atoms with van der Waals surface area (Å²) >= 11 is 0. The number of aryl methyl sites for hydroxylation is 2. The smallest absolute Gasteiger partial charge is 0.311 e. The number of cyclic esters (lactones) is 1. The molecule has 18 atom stereocenters. The molecule has 3 aliphatic rings. The van der Waals surface area contributed by atoms with Crippen LogP contribution in [0.5, 0.6) is 0 Å². The molecule has 5 rings (SSSR count). The molecule has 3 fully saturated rings. The number of ether oxygens (including phenoxy) is 6. The van der Waals surface area contributed by atoms with Gasteiger partial charge in [0.15, 0.2) is 12.6 Å². The average molecular weight is 952 g/mol. The van der Waals surface area contributed by atoms with Crippen LogP contribution in [0, 0.1) is 23.6 Å². The number of likely N-dealkylation sites (N-methyl/N-ethyl adjacent to an activating group) is 2. The Kier molecular flexibility index (Phi) is 19.0. The molecule has 3 aliphatic heterocycles. The molecule has 0 radical (unpaired) electrons. The van der Waals surface area contributed by atoms with Gasteiger partial charge in [-0.3, -0.25) is 9.48 Å². The number of benzene rings is 1. The van der Waals surface area contributed by atoms with E-state index in [0.29, 0.717) is 38.9 Å². The number of esters is 1. The third kappa shape index (κ3) is 13.4. The highest BCUT2D eigenvalue weighted by molar-refractivity contribution is 5.73. The second kappa shape index (κ2) is 23.0. The average Bonchev–Trinajstić information content (AvgIpc) is 3.74. The highest BCUT2D eigenvalue weighted by Gasteiger charge is 2.53. The summed E-state index contributed by atoms with van der Waals surface area (Å²) in [6.45, 7) is 19.1. The van der Waals surface area contributed by atoms with Gasteiger partial charge in [-0.1, -0.05) is 38.1 Å². The number of carbonyl (C=O) groups is 1. The summed E-state index contributed by atoms with van der Waals surface area (Å²) in [5, 5.41) is 68.2. The third-order valence-electron chi connectivity index (χ3n) is 15.0. The van der Waals surface area contributed by atoms with Gasteiger partial charge in [0.1, 0.15) is 35.8 Å². The van der Waals surface area contributed by atoms with E-state index < -0.39 is 102 Å². The standard InChI is InChI=1S/C49H82FN5O12/c1-14-38-49(10,61)42(57)32(6)54(12)26-28(2)24-47(8,60)44(30(4)41(31(5)45(59)65-38)66-39-25-48(9,62-13)43(58)33(7)64-39)67-46-40(56)37(23-29(3)63-46)53(11)21-20-36-27-55(52-51-36)22-19-34-15-17-35(50)18-16-34/h15-18,27-33,37-44,46,56-58,60-61H,14,19-26H2,1-13H3/t28-,29-,30+,31-,32-,33+,37+,38-,39+,40-,41+,42-,43+,44-,46+,47-,48-,49-/m1/s1. The SMILES string of the molecule is CC[C@H]1OC(=O)[C@H](C)[C@@H](O[C@H]2C[C@@](C)(OC)[C@@H](O)[C@H](C)O2)[C@H](C)[C@@H](O[C@@H]2O[C@H](C)C[C@H](N(C)CCc3cn(CCc4ccc(F)cc4)nn3)[C@H]2O)[C@](C)(O)C[C@@H](C)CN(C)[C@H](C)[C@@H](O)[C@]1(C)O. The lowest BCUT2D eigenvalue weighted by Gasteiger charge is -2.49. The molecule has 17 nitrogen and oxygen atoms in total. The predicted octanol–water partition coefficient (Wildman–Crippen LogP) is 3.49. The Balaban J connectivity index is 1.44. The first-order chi connectivity index (χ1) is 31.3. The Morgan fingerprint density at radius 3 is 2.27 bits per heavy atom. The molecule has 2 aromatic rings. The number of hydrogen-bond acceptors (Lipinski definition) is 16. The maximum absolute atomic E-state index is 14.4. The van der Waals surface area contributed by atoms with E-state index in [1.165, 1.54) is 26.2 Å². The Hall–Kier alpha value is -2.72. The minimum Gasteiger partial charge on any atom is -0.459 e. The van der Waals surface area contributed by atoms with Crippen LogP contribution in [-0.2, 0) is 52.6 Å². The summed E-state index contributed by atoms with van der Waals surface area (Å²) in [4.78, 5) is 18.4. The zero-order chi connectivity index (χ0) is 49.8. The molecule has 3 saturated heterocycles. The van der Waals surface area contributed by atoms with Crippen molar-refractivity contribution in [3.63, 3.8) is 0 Å². The molecule has 67 heavy (non-hydrogen) atoms. The second-order valence-corrected chi connectivity index (χ2v) is 20.8. The van der Waals surface area contributed by atoms with Crippen LogP contribution < -0.4 is 0 Å². The Labute approximate surface area is 397 Å². The fourth-order valence-electron chi connectivity index (χ4n) is 10.6. The van der Waals surface area contributed by atoms with Crippen LogP contribution in [0.25, 0.3) is 0 Å². The molecule has 0 unspecified atom stereocenters. The molecular formula is C49H82FN5O12. The fraction of sp³-hybridized carbons (Fsp3) is 0.816. The zero-order valence-electron chi connectivity index (χ0n) is 42.1. The molecule has 0 amide bonds. The topological polar surface area (TPSA) is 211 Å². The molecule has 1 aromatic heterocycles. The Morgan fingerprint density at radius 2 is 1.63 bits per heavy atom. The van der Waals surface area contributed by atoms with Crippen molar-refractivity contribution >= 4 is 5.97 Å². The minimum atomic E-state index is -1.84. The van der Waals surface area contributed by atoms with Gasteiger partial charge in [0.25, 0.3) is 0 Å². The summed E-state index contributed by atoms with van der Waals surface area (Å²) in [5.74, 6) is -3.06. The van der Waals surface area contributed by atoms with Crippen LogP contribution in [0.15, 0.2) is 30.5 Å². The van der Waals surface area contributed by atoms with E-state index in [2.05, 4.69) is 15.2 Å². The number of rotatable bonds is 13. The molecule has 382 valence electrons. The molecule has 0 bridgehead atoms. The van der Waals surface area contributed by atoms with Crippen molar-refractivity contribution in [1.82, 2.24) is 24.8 Å². The summed E-state index contributed by atoms with van der Waals surface area (Å²) in [5.41, 5.74) is -2.75. The Bertz CT molecular complexity index is 1860. The van der Waals surface area contributed by atoms with Gasteiger partial charge < -0.3 is 63.8 Å². The molecule has 4 heterocycles. The zero-order valence-corrected chi connectivity index (χ0v) is 42.1. The Morgan fingerprint density at radius 1 is 0.955 bits per heavy atom. The highest BCUT2D eigenvalue weighted by atomic mass is 19.1. The van der Waals surface area contributed by atoms with Crippen molar-refractivity contribution in [1.29, 1.82) is 0 Å². The van der Waals surface area contributed by atoms with Gasteiger partial charge in [0, 0.05) is 63.8 Å². The molecule has 5 N–H and O–H groups in total. The maximum atomic E-state index is 14.4. The first-order valence-corrected chi connectivity index (χ1v) is 24.2. The number of aliphatic hydroxyl groups is 5. The first-order valence-electron chi connectivity index (χ1n) is 24.2. The summed E-state index contributed by atoms with van der Waals surface area (Å²) in [6.07, 6.45) is -5.92. The van der Waals surface area contributed by atoms with E-state index >= 15 is 0 Å². The summed E-state index contributed by atoms with van der Waals surface area (Å²) in [7, 11) is 5.26. The van der Waals surface area contributed by atoms with E-state index in [4.69, 9.17) is 28.4 Å². The van der Waals surface area contributed by atoms with E-state index in [1.807, 2.05) is 46.0 Å². The number of aromatic nitrogens is 3. The molecule has 1 aromatic carbocycles. The molecular weight excluding hydrogens is 870 g/mol.